The molecule has 2 atom stereocenters. The molecule has 0 aliphatic heterocycles. The van der Waals surface area contributed by atoms with Gasteiger partial charge in [-0.15, -0.1) is 11.3 Å². The third kappa shape index (κ3) is 2.82. The maximum absolute atomic E-state index is 11.4. The van der Waals surface area contributed by atoms with Crippen molar-refractivity contribution < 1.29 is 4.79 Å². The summed E-state index contributed by atoms with van der Waals surface area (Å²) < 4.78 is 0. The molecule has 1 aromatic rings. The molecule has 0 aliphatic rings. The number of hydrogen-bond acceptors (Lipinski definition) is 3. The third-order valence-corrected chi connectivity index (χ3v) is 3.16. The first-order valence-corrected chi connectivity index (χ1v) is 5.62. The maximum atomic E-state index is 11.4. The van der Waals surface area contributed by atoms with Crippen LogP contribution in [-0.2, 0) is 4.79 Å². The van der Waals surface area contributed by atoms with Crippen LogP contribution in [0.5, 0.6) is 0 Å². The summed E-state index contributed by atoms with van der Waals surface area (Å²) in [6.07, 6.45) is 0.670. The molecule has 0 bridgehead atoms. The molecule has 0 aromatic carbocycles. The van der Waals surface area contributed by atoms with Crippen molar-refractivity contribution in [3.8, 4) is 0 Å². The van der Waals surface area contributed by atoms with Gasteiger partial charge in [-0.3, -0.25) is 4.79 Å². The molecule has 1 aromatic heterocycles. The zero-order valence-electron chi connectivity index (χ0n) is 8.49. The lowest BCUT2D eigenvalue weighted by molar-refractivity contribution is -0.123. The van der Waals surface area contributed by atoms with E-state index in [2.05, 4.69) is 5.32 Å². The van der Waals surface area contributed by atoms with Crippen LogP contribution >= 0.6 is 11.3 Å². The zero-order chi connectivity index (χ0) is 10.6. The monoisotopic (exact) mass is 212 g/mol. The van der Waals surface area contributed by atoms with E-state index in [9.17, 15) is 4.79 Å². The minimum atomic E-state index is -0.391. The second kappa shape index (κ2) is 5.12. The molecule has 0 fully saturated rings. The van der Waals surface area contributed by atoms with E-state index < -0.39 is 6.04 Å². The quantitative estimate of drug-likeness (QED) is 0.797. The summed E-state index contributed by atoms with van der Waals surface area (Å²) in [4.78, 5) is 12.6. The summed E-state index contributed by atoms with van der Waals surface area (Å²) in [6.45, 7) is 3.87. The van der Waals surface area contributed by atoms with E-state index in [-0.39, 0.29) is 11.9 Å². The van der Waals surface area contributed by atoms with Crippen LogP contribution in [0.3, 0.4) is 0 Å². The van der Waals surface area contributed by atoms with Gasteiger partial charge in [-0.2, -0.15) is 0 Å². The Morgan fingerprint density at radius 3 is 2.93 bits per heavy atom. The molecule has 0 saturated carbocycles. The molecule has 0 aliphatic carbocycles. The number of thiophene rings is 1. The van der Waals surface area contributed by atoms with Crippen molar-refractivity contribution in [1.82, 2.24) is 5.32 Å². The van der Waals surface area contributed by atoms with Gasteiger partial charge in [0, 0.05) is 4.88 Å². The van der Waals surface area contributed by atoms with Gasteiger partial charge in [0.1, 0.15) is 0 Å². The highest BCUT2D eigenvalue weighted by Crippen LogP contribution is 2.17. The Hall–Kier alpha value is -0.870. The largest absolute Gasteiger partial charge is 0.347 e. The fourth-order valence-corrected chi connectivity index (χ4v) is 1.85. The van der Waals surface area contributed by atoms with Crippen LogP contribution in [0.4, 0.5) is 0 Å². The molecule has 3 nitrogen and oxygen atoms in total. The van der Waals surface area contributed by atoms with Gasteiger partial charge in [0.2, 0.25) is 5.91 Å². The SMILES string of the molecule is CC[C@H](N)C(=O)N[C@@H](C)c1cccs1. The van der Waals surface area contributed by atoms with Crippen LogP contribution in [0.25, 0.3) is 0 Å². The summed E-state index contributed by atoms with van der Waals surface area (Å²) >= 11 is 1.64. The van der Waals surface area contributed by atoms with E-state index in [1.54, 1.807) is 11.3 Å². The van der Waals surface area contributed by atoms with Crippen molar-refractivity contribution in [3.05, 3.63) is 22.4 Å². The number of rotatable bonds is 4. The fraction of sp³-hybridized carbons (Fsp3) is 0.500. The van der Waals surface area contributed by atoms with E-state index >= 15 is 0 Å². The zero-order valence-corrected chi connectivity index (χ0v) is 9.30. The minimum Gasteiger partial charge on any atom is -0.347 e. The summed E-state index contributed by atoms with van der Waals surface area (Å²) in [5.74, 6) is -0.0756. The van der Waals surface area contributed by atoms with Gasteiger partial charge >= 0.3 is 0 Å². The second-order valence-electron chi connectivity index (χ2n) is 3.26. The normalized spacial score (nSPS) is 14.8. The van der Waals surface area contributed by atoms with Crippen molar-refractivity contribution in [2.45, 2.75) is 32.4 Å². The number of amides is 1. The molecule has 78 valence electrons. The second-order valence-corrected chi connectivity index (χ2v) is 4.24. The Labute approximate surface area is 88.3 Å². The summed E-state index contributed by atoms with van der Waals surface area (Å²) in [5, 5.41) is 4.88. The number of carbonyl (C=O) groups excluding carboxylic acids is 1. The first-order valence-electron chi connectivity index (χ1n) is 4.74. The predicted molar refractivity (Wildman–Crippen MR) is 59.1 cm³/mol. The number of hydrogen-bond donors (Lipinski definition) is 2. The van der Waals surface area contributed by atoms with Gasteiger partial charge in [0.25, 0.3) is 0 Å². The van der Waals surface area contributed by atoms with E-state index in [1.807, 2.05) is 31.4 Å². The summed E-state index contributed by atoms with van der Waals surface area (Å²) in [5.41, 5.74) is 5.61. The van der Waals surface area contributed by atoms with Gasteiger partial charge in [-0.1, -0.05) is 13.0 Å². The minimum absolute atomic E-state index is 0.0556. The smallest absolute Gasteiger partial charge is 0.237 e. The lowest BCUT2D eigenvalue weighted by atomic mass is 10.2. The molecule has 1 heterocycles. The average Bonchev–Trinajstić information content (AvgIpc) is 2.69. The molecular weight excluding hydrogens is 196 g/mol. The Bertz CT molecular complexity index is 284. The first kappa shape index (κ1) is 11.2. The van der Waals surface area contributed by atoms with Crippen molar-refractivity contribution in [1.29, 1.82) is 0 Å². The van der Waals surface area contributed by atoms with E-state index in [4.69, 9.17) is 5.73 Å². The summed E-state index contributed by atoms with van der Waals surface area (Å²) in [6, 6.07) is 3.65. The van der Waals surface area contributed by atoms with Crippen LogP contribution in [0, 0.1) is 0 Å². The van der Waals surface area contributed by atoms with Gasteiger partial charge in [0.05, 0.1) is 12.1 Å². The molecule has 0 radical (unpaired) electrons. The fourth-order valence-electron chi connectivity index (χ4n) is 1.11. The molecule has 0 spiro atoms. The van der Waals surface area contributed by atoms with E-state index in [0.29, 0.717) is 6.42 Å². The van der Waals surface area contributed by atoms with Crippen molar-refractivity contribution in [2.75, 3.05) is 0 Å². The Morgan fingerprint density at radius 1 is 1.71 bits per heavy atom. The van der Waals surface area contributed by atoms with Gasteiger partial charge < -0.3 is 11.1 Å². The summed E-state index contributed by atoms with van der Waals surface area (Å²) in [7, 11) is 0. The highest BCUT2D eigenvalue weighted by molar-refractivity contribution is 7.10. The Kier molecular flexibility index (Phi) is 4.10. The Morgan fingerprint density at radius 2 is 2.43 bits per heavy atom. The first-order chi connectivity index (χ1) is 6.65. The van der Waals surface area contributed by atoms with Gasteiger partial charge in [-0.25, -0.2) is 0 Å². The molecule has 0 unspecified atom stereocenters. The number of nitrogens with one attached hydrogen (secondary N) is 1. The standard InChI is InChI=1S/C10H16N2OS/c1-3-8(11)10(13)12-7(2)9-5-4-6-14-9/h4-8H,3,11H2,1-2H3,(H,12,13)/t7-,8-/m0/s1. The number of nitrogens with two attached hydrogens (primary N) is 1. The lowest BCUT2D eigenvalue weighted by Gasteiger charge is -2.15. The molecule has 3 N–H and O–H groups in total. The highest BCUT2D eigenvalue weighted by Gasteiger charge is 2.14. The van der Waals surface area contributed by atoms with Crippen molar-refractivity contribution >= 4 is 17.2 Å². The molecule has 1 rings (SSSR count). The third-order valence-electron chi connectivity index (χ3n) is 2.11. The maximum Gasteiger partial charge on any atom is 0.237 e. The van der Waals surface area contributed by atoms with Crippen LogP contribution in [0.15, 0.2) is 17.5 Å². The van der Waals surface area contributed by atoms with E-state index in [0.717, 1.165) is 4.88 Å². The van der Waals surface area contributed by atoms with Gasteiger partial charge in [-0.05, 0) is 24.8 Å². The highest BCUT2D eigenvalue weighted by atomic mass is 32.1. The van der Waals surface area contributed by atoms with E-state index in [1.165, 1.54) is 0 Å². The topological polar surface area (TPSA) is 55.1 Å². The molecule has 0 saturated heterocycles. The molecular formula is C10H16N2OS. The van der Waals surface area contributed by atoms with Crippen molar-refractivity contribution in [3.63, 3.8) is 0 Å². The van der Waals surface area contributed by atoms with Crippen LogP contribution in [-0.4, -0.2) is 11.9 Å². The van der Waals surface area contributed by atoms with Crippen LogP contribution < -0.4 is 11.1 Å². The number of carbonyl (C=O) groups is 1. The molecule has 4 heteroatoms. The predicted octanol–water partition coefficient (Wildman–Crippen LogP) is 1.66. The average molecular weight is 212 g/mol. The van der Waals surface area contributed by atoms with Crippen LogP contribution in [0.1, 0.15) is 31.2 Å². The molecule has 1 amide bonds. The van der Waals surface area contributed by atoms with Crippen molar-refractivity contribution in [2.24, 2.45) is 5.73 Å². The van der Waals surface area contributed by atoms with Gasteiger partial charge in [0.15, 0.2) is 0 Å². The Balaban J connectivity index is 2.49. The lowest BCUT2D eigenvalue weighted by Crippen LogP contribution is -2.40. The molecule has 14 heavy (non-hydrogen) atoms. The van der Waals surface area contributed by atoms with Crippen LogP contribution in [0.2, 0.25) is 0 Å².